The molecule has 0 atom stereocenters. The van der Waals surface area contributed by atoms with Crippen LogP contribution in [0.4, 0.5) is 17.1 Å². The predicted octanol–water partition coefficient (Wildman–Crippen LogP) is 17.2. The Hall–Kier alpha value is -7.04. The zero-order valence-corrected chi connectivity index (χ0v) is 33.6. The molecule has 0 unspecified atom stereocenters. The number of thiophene rings is 2. The van der Waals surface area contributed by atoms with Gasteiger partial charge in [-0.2, -0.15) is 0 Å². The molecule has 0 amide bonds. The summed E-state index contributed by atoms with van der Waals surface area (Å²) in [7, 11) is 0. The van der Waals surface area contributed by atoms with E-state index < -0.39 is 0 Å². The topological polar surface area (TPSA) is 3.24 Å². The maximum atomic E-state index is 2.42. The summed E-state index contributed by atoms with van der Waals surface area (Å²) in [5.41, 5.74) is 10.7. The van der Waals surface area contributed by atoms with Gasteiger partial charge in [0.2, 0.25) is 0 Å². The van der Waals surface area contributed by atoms with Crippen LogP contribution >= 0.6 is 22.7 Å². The Kier molecular flexibility index (Phi) is 7.97. The second-order valence-corrected chi connectivity index (χ2v) is 17.3. The smallest absolute Gasteiger partial charge is 0.0540 e. The molecule has 0 aliphatic rings. The summed E-state index contributed by atoms with van der Waals surface area (Å²) in [6, 6.07) is 77.9. The van der Waals surface area contributed by atoms with Gasteiger partial charge in [-0.05, 0) is 86.4 Å². The van der Waals surface area contributed by atoms with Crippen LogP contribution in [0.25, 0.3) is 95.3 Å². The molecule has 0 aliphatic heterocycles. The fourth-order valence-corrected chi connectivity index (χ4v) is 11.7. The van der Waals surface area contributed by atoms with Crippen molar-refractivity contribution in [3.8, 4) is 33.4 Å². The Balaban J connectivity index is 1.03. The molecule has 0 bridgehead atoms. The molecule has 0 aliphatic carbocycles. The molecule has 0 spiro atoms. The molecule has 0 saturated heterocycles. The number of nitrogens with zero attached hydrogens (tertiary/aromatic N) is 1. The highest BCUT2D eigenvalue weighted by Gasteiger charge is 2.21. The Labute approximate surface area is 350 Å². The van der Waals surface area contributed by atoms with Crippen molar-refractivity contribution < 1.29 is 0 Å². The number of benzene rings is 10. The maximum absolute atomic E-state index is 2.42. The second kappa shape index (κ2) is 13.8. The minimum atomic E-state index is 1.11. The van der Waals surface area contributed by atoms with Crippen LogP contribution in [-0.2, 0) is 0 Å². The molecule has 276 valence electrons. The van der Waals surface area contributed by atoms with Crippen molar-refractivity contribution in [3.63, 3.8) is 0 Å². The number of fused-ring (bicyclic) bond motifs is 9. The lowest BCUT2D eigenvalue weighted by molar-refractivity contribution is 1.30. The van der Waals surface area contributed by atoms with Crippen molar-refractivity contribution in [2.75, 3.05) is 4.90 Å². The minimum Gasteiger partial charge on any atom is -0.310 e. The van der Waals surface area contributed by atoms with Gasteiger partial charge in [-0.3, -0.25) is 0 Å². The first-order chi connectivity index (χ1) is 29.3. The highest BCUT2D eigenvalue weighted by molar-refractivity contribution is 7.30. The van der Waals surface area contributed by atoms with Gasteiger partial charge in [-0.1, -0.05) is 170 Å². The quantitative estimate of drug-likeness (QED) is 0.162. The number of rotatable bonds is 6. The van der Waals surface area contributed by atoms with Gasteiger partial charge in [-0.25, -0.2) is 0 Å². The molecule has 59 heavy (non-hydrogen) atoms. The van der Waals surface area contributed by atoms with Gasteiger partial charge < -0.3 is 4.90 Å². The van der Waals surface area contributed by atoms with Gasteiger partial charge in [0.25, 0.3) is 0 Å². The average molecular weight is 786 g/mol. The van der Waals surface area contributed by atoms with Crippen LogP contribution in [-0.4, -0.2) is 0 Å². The summed E-state index contributed by atoms with van der Waals surface area (Å²) in [6.07, 6.45) is 0. The summed E-state index contributed by atoms with van der Waals surface area (Å²) in [5.74, 6) is 0. The van der Waals surface area contributed by atoms with E-state index in [2.05, 4.69) is 217 Å². The Morgan fingerprint density at radius 2 is 0.881 bits per heavy atom. The van der Waals surface area contributed by atoms with Crippen molar-refractivity contribution in [1.82, 2.24) is 0 Å². The third-order valence-electron chi connectivity index (χ3n) is 11.9. The van der Waals surface area contributed by atoms with Gasteiger partial charge >= 0.3 is 0 Å². The van der Waals surface area contributed by atoms with Gasteiger partial charge in [0.1, 0.15) is 0 Å². The van der Waals surface area contributed by atoms with E-state index in [1.165, 1.54) is 95.3 Å². The van der Waals surface area contributed by atoms with Crippen molar-refractivity contribution in [1.29, 1.82) is 0 Å². The van der Waals surface area contributed by atoms with Crippen molar-refractivity contribution >= 4 is 102 Å². The van der Waals surface area contributed by atoms with Crippen molar-refractivity contribution in [2.24, 2.45) is 0 Å². The fraction of sp³-hybridized carbons (Fsp3) is 0. The second-order valence-electron chi connectivity index (χ2n) is 15.2. The van der Waals surface area contributed by atoms with E-state index in [-0.39, 0.29) is 0 Å². The molecule has 2 aromatic heterocycles. The highest BCUT2D eigenvalue weighted by Crippen LogP contribution is 2.49. The largest absolute Gasteiger partial charge is 0.310 e. The van der Waals surface area contributed by atoms with Crippen LogP contribution in [0.5, 0.6) is 0 Å². The highest BCUT2D eigenvalue weighted by atomic mass is 32.1. The molecule has 12 aromatic rings. The van der Waals surface area contributed by atoms with Crippen LogP contribution in [0.1, 0.15) is 0 Å². The van der Waals surface area contributed by atoms with Crippen LogP contribution < -0.4 is 4.90 Å². The molecule has 0 N–H and O–H groups in total. The van der Waals surface area contributed by atoms with Gasteiger partial charge in [-0.15, -0.1) is 22.7 Å². The molecule has 12 rings (SSSR count). The first-order valence-electron chi connectivity index (χ1n) is 20.1. The molecule has 0 saturated carbocycles. The first kappa shape index (κ1) is 34.0. The van der Waals surface area contributed by atoms with E-state index in [9.17, 15) is 0 Å². The maximum Gasteiger partial charge on any atom is 0.0540 e. The standard InChI is InChI=1S/C56H35NS2/c1-2-12-36(13-3-1)37-24-28-40(29-25-37)57(41-30-26-39(27-31-41)43-20-10-15-38-14-4-5-16-42(38)43)51-34-32-45(44-17-6-7-18-46(44)51)47-21-11-22-48-49-33-35-53-54(56(49)59-55(47)48)50-19-8-9-23-52(50)58-53/h1-35H. The third-order valence-corrected chi connectivity index (χ3v) is 14.3. The van der Waals surface area contributed by atoms with E-state index in [1.54, 1.807) is 0 Å². The molecule has 0 fully saturated rings. The molecule has 3 heteroatoms. The molecule has 1 nitrogen and oxygen atoms in total. The SMILES string of the molecule is c1ccc(-c2ccc(N(c3ccc(-c4cccc5ccccc45)cc3)c3ccc(-c4cccc5c4sc4c5ccc5sc6ccccc6c54)c4ccccc34)cc2)cc1. The molecular formula is C56H35NS2. The molecule has 0 radical (unpaired) electrons. The monoisotopic (exact) mass is 785 g/mol. The summed E-state index contributed by atoms with van der Waals surface area (Å²) in [6.45, 7) is 0. The summed E-state index contributed by atoms with van der Waals surface area (Å²) < 4.78 is 5.40. The normalized spacial score (nSPS) is 11.7. The Morgan fingerprint density at radius 1 is 0.288 bits per heavy atom. The molecular weight excluding hydrogens is 751 g/mol. The predicted molar refractivity (Wildman–Crippen MR) is 258 cm³/mol. The van der Waals surface area contributed by atoms with Crippen LogP contribution in [0.2, 0.25) is 0 Å². The van der Waals surface area contributed by atoms with Gasteiger partial charge in [0.15, 0.2) is 0 Å². The first-order valence-corrected chi connectivity index (χ1v) is 21.7. The minimum absolute atomic E-state index is 1.11. The van der Waals surface area contributed by atoms with Crippen LogP contribution in [0, 0.1) is 0 Å². The zero-order chi connectivity index (χ0) is 38.9. The van der Waals surface area contributed by atoms with E-state index in [1.807, 2.05) is 22.7 Å². The van der Waals surface area contributed by atoms with Crippen LogP contribution in [0.3, 0.4) is 0 Å². The van der Waals surface area contributed by atoms with E-state index >= 15 is 0 Å². The summed E-state index contributed by atoms with van der Waals surface area (Å²) >= 11 is 3.83. The zero-order valence-electron chi connectivity index (χ0n) is 32.0. The molecule has 2 heterocycles. The van der Waals surface area contributed by atoms with Crippen molar-refractivity contribution in [3.05, 3.63) is 212 Å². The van der Waals surface area contributed by atoms with Crippen molar-refractivity contribution in [2.45, 2.75) is 0 Å². The lowest BCUT2D eigenvalue weighted by Gasteiger charge is -2.28. The average Bonchev–Trinajstić information content (AvgIpc) is 3.89. The molecule has 10 aromatic carbocycles. The Morgan fingerprint density at radius 3 is 1.69 bits per heavy atom. The number of hydrogen-bond donors (Lipinski definition) is 0. The lowest BCUT2D eigenvalue weighted by atomic mass is 9.95. The fourth-order valence-electron chi connectivity index (χ4n) is 9.12. The number of anilines is 3. The van der Waals surface area contributed by atoms with Gasteiger partial charge in [0, 0.05) is 62.7 Å². The third kappa shape index (κ3) is 5.58. The van der Waals surface area contributed by atoms with Gasteiger partial charge in [0.05, 0.1) is 5.69 Å². The summed E-state index contributed by atoms with van der Waals surface area (Å²) in [5, 5.41) is 10.3. The van der Waals surface area contributed by atoms with E-state index in [4.69, 9.17) is 0 Å². The number of hydrogen-bond acceptors (Lipinski definition) is 3. The van der Waals surface area contributed by atoms with E-state index in [0.717, 1.165) is 17.1 Å². The Bertz CT molecular complexity index is 3540. The van der Waals surface area contributed by atoms with E-state index in [0.29, 0.717) is 0 Å². The summed E-state index contributed by atoms with van der Waals surface area (Å²) in [4.78, 5) is 2.42. The van der Waals surface area contributed by atoms with Crippen LogP contribution in [0.15, 0.2) is 212 Å². The lowest BCUT2D eigenvalue weighted by Crippen LogP contribution is -2.10.